The number of anilines is 1. The number of ether oxygens (including phenoxy) is 2. The van der Waals surface area contributed by atoms with Crippen molar-refractivity contribution in [3.8, 4) is 11.5 Å². The summed E-state index contributed by atoms with van der Waals surface area (Å²) in [4.78, 5) is 2.05. The van der Waals surface area contributed by atoms with Crippen molar-refractivity contribution >= 4 is 5.69 Å². The van der Waals surface area contributed by atoms with E-state index in [1.54, 1.807) is 14.2 Å². The number of rotatable bonds is 4. The van der Waals surface area contributed by atoms with E-state index >= 15 is 0 Å². The second kappa shape index (κ2) is 6.15. The summed E-state index contributed by atoms with van der Waals surface area (Å²) in [5, 5.41) is 3.40. The molecule has 0 bridgehead atoms. The van der Waals surface area contributed by atoms with Crippen LogP contribution >= 0.6 is 0 Å². The van der Waals surface area contributed by atoms with Crippen molar-refractivity contribution in [3.63, 3.8) is 0 Å². The highest BCUT2D eigenvalue weighted by Gasteiger charge is 2.21. The molecule has 0 radical (unpaired) electrons. The van der Waals surface area contributed by atoms with Crippen molar-refractivity contribution in [1.82, 2.24) is 5.32 Å². The van der Waals surface area contributed by atoms with E-state index in [-0.39, 0.29) is 0 Å². The molecular formula is C15H24N2O2. The second-order valence-electron chi connectivity index (χ2n) is 5.18. The van der Waals surface area contributed by atoms with E-state index in [2.05, 4.69) is 17.4 Å². The van der Waals surface area contributed by atoms with Crippen LogP contribution in [0.25, 0.3) is 0 Å². The van der Waals surface area contributed by atoms with Gasteiger partial charge in [0.2, 0.25) is 0 Å². The Bertz CT molecular complexity index is 426. The predicted molar refractivity (Wildman–Crippen MR) is 78.7 cm³/mol. The van der Waals surface area contributed by atoms with Crippen molar-refractivity contribution < 1.29 is 9.47 Å². The predicted octanol–water partition coefficient (Wildman–Crippen LogP) is 2.24. The molecule has 4 nitrogen and oxygen atoms in total. The fourth-order valence-electron chi connectivity index (χ4n) is 2.71. The van der Waals surface area contributed by atoms with Crippen LogP contribution in [-0.2, 0) is 0 Å². The van der Waals surface area contributed by atoms with Gasteiger partial charge in [0.15, 0.2) is 0 Å². The number of nitrogens with one attached hydrogen (secondary N) is 1. The van der Waals surface area contributed by atoms with Gasteiger partial charge in [-0.3, -0.25) is 0 Å². The van der Waals surface area contributed by atoms with Gasteiger partial charge in [0, 0.05) is 25.7 Å². The van der Waals surface area contributed by atoms with Crippen LogP contribution in [0.4, 0.5) is 5.69 Å². The minimum absolute atomic E-state index is 0.557. The molecular weight excluding hydrogens is 240 g/mol. The fraction of sp³-hybridized carbons (Fsp3) is 0.600. The summed E-state index contributed by atoms with van der Waals surface area (Å²) in [6, 6.07) is 4.22. The zero-order chi connectivity index (χ0) is 13.8. The first-order valence-electron chi connectivity index (χ1n) is 6.81. The molecule has 1 aromatic carbocycles. The van der Waals surface area contributed by atoms with E-state index in [0.29, 0.717) is 5.92 Å². The molecule has 2 rings (SSSR count). The Morgan fingerprint density at radius 2 is 1.68 bits per heavy atom. The molecule has 0 atom stereocenters. The van der Waals surface area contributed by atoms with Gasteiger partial charge < -0.3 is 19.7 Å². The topological polar surface area (TPSA) is 33.7 Å². The monoisotopic (exact) mass is 264 g/mol. The van der Waals surface area contributed by atoms with Gasteiger partial charge in [0.05, 0.1) is 19.9 Å². The lowest BCUT2D eigenvalue weighted by molar-refractivity contribution is 0.384. The normalized spacial score (nSPS) is 16.2. The van der Waals surface area contributed by atoms with E-state index in [4.69, 9.17) is 9.47 Å². The lowest BCUT2D eigenvalue weighted by atomic mass is 9.89. The number of methoxy groups -OCH3 is 2. The van der Waals surface area contributed by atoms with Gasteiger partial charge in [-0.1, -0.05) is 0 Å². The number of nitrogens with zero attached hydrogens (tertiary/aromatic N) is 1. The highest BCUT2D eigenvalue weighted by molar-refractivity contribution is 5.64. The van der Waals surface area contributed by atoms with E-state index in [0.717, 1.165) is 43.1 Å². The highest BCUT2D eigenvalue weighted by atomic mass is 16.5. The first kappa shape index (κ1) is 14.0. The van der Waals surface area contributed by atoms with E-state index in [9.17, 15) is 0 Å². The van der Waals surface area contributed by atoms with Crippen molar-refractivity contribution in [2.24, 2.45) is 0 Å². The molecule has 1 aliphatic rings. The summed E-state index contributed by atoms with van der Waals surface area (Å²) in [5.41, 5.74) is 2.32. The molecule has 1 saturated heterocycles. The summed E-state index contributed by atoms with van der Waals surface area (Å²) >= 11 is 0. The molecule has 0 spiro atoms. The molecule has 1 aliphatic heterocycles. The Labute approximate surface area is 115 Å². The molecule has 4 heteroatoms. The van der Waals surface area contributed by atoms with E-state index in [1.165, 1.54) is 5.56 Å². The summed E-state index contributed by atoms with van der Waals surface area (Å²) < 4.78 is 11.1. The Morgan fingerprint density at radius 3 is 2.21 bits per heavy atom. The van der Waals surface area contributed by atoms with Crippen molar-refractivity contribution in [2.75, 3.05) is 46.3 Å². The second-order valence-corrected chi connectivity index (χ2v) is 5.18. The lowest BCUT2D eigenvalue weighted by Crippen LogP contribution is -2.27. The van der Waals surface area contributed by atoms with Gasteiger partial charge in [-0.2, -0.15) is 0 Å². The molecule has 1 heterocycles. The Morgan fingerprint density at radius 1 is 1.05 bits per heavy atom. The van der Waals surface area contributed by atoms with Gasteiger partial charge in [-0.25, -0.2) is 0 Å². The average Bonchev–Trinajstić information content (AvgIpc) is 2.46. The lowest BCUT2D eigenvalue weighted by Gasteiger charge is -2.26. The third-order valence-electron chi connectivity index (χ3n) is 3.79. The third kappa shape index (κ3) is 2.95. The maximum absolute atomic E-state index is 5.59. The van der Waals surface area contributed by atoms with Gasteiger partial charge >= 0.3 is 0 Å². The van der Waals surface area contributed by atoms with Crippen LogP contribution in [0.3, 0.4) is 0 Å². The Kier molecular flexibility index (Phi) is 4.53. The molecule has 0 saturated carbocycles. The standard InChI is InChI=1S/C15H24N2O2/c1-17(2)13-10-14(18-3)12(9-15(13)19-4)11-5-7-16-8-6-11/h9-11,16H,5-8H2,1-4H3. The molecule has 19 heavy (non-hydrogen) atoms. The Balaban J connectivity index is 2.41. The smallest absolute Gasteiger partial charge is 0.142 e. The number of benzene rings is 1. The molecule has 0 aromatic heterocycles. The summed E-state index contributed by atoms with van der Waals surface area (Å²) in [5.74, 6) is 2.44. The molecule has 1 aromatic rings. The van der Waals surface area contributed by atoms with Crippen LogP contribution in [0.5, 0.6) is 11.5 Å². The number of hydrogen-bond acceptors (Lipinski definition) is 4. The van der Waals surface area contributed by atoms with Crippen molar-refractivity contribution in [3.05, 3.63) is 17.7 Å². The van der Waals surface area contributed by atoms with Crippen LogP contribution < -0.4 is 19.7 Å². The molecule has 0 aliphatic carbocycles. The van der Waals surface area contributed by atoms with Gasteiger partial charge in [-0.15, -0.1) is 0 Å². The van der Waals surface area contributed by atoms with Gasteiger partial charge in [0.1, 0.15) is 11.5 Å². The van der Waals surface area contributed by atoms with E-state index in [1.807, 2.05) is 19.0 Å². The summed E-state index contributed by atoms with van der Waals surface area (Å²) in [6.45, 7) is 2.15. The molecule has 0 amide bonds. The SMILES string of the molecule is COc1cc(N(C)C)c(OC)cc1C1CCNCC1. The number of piperidine rings is 1. The van der Waals surface area contributed by atoms with Crippen LogP contribution in [-0.4, -0.2) is 41.4 Å². The van der Waals surface area contributed by atoms with Crippen molar-refractivity contribution in [2.45, 2.75) is 18.8 Å². The van der Waals surface area contributed by atoms with E-state index < -0.39 is 0 Å². The first-order valence-corrected chi connectivity index (χ1v) is 6.81. The van der Waals surface area contributed by atoms with Crippen LogP contribution in [0.15, 0.2) is 12.1 Å². The zero-order valence-electron chi connectivity index (χ0n) is 12.3. The minimum atomic E-state index is 0.557. The first-order chi connectivity index (χ1) is 9.17. The largest absolute Gasteiger partial charge is 0.496 e. The zero-order valence-corrected chi connectivity index (χ0v) is 12.3. The van der Waals surface area contributed by atoms with Crippen molar-refractivity contribution in [1.29, 1.82) is 0 Å². The Hall–Kier alpha value is -1.42. The summed E-state index contributed by atoms with van der Waals surface area (Å²) in [6.07, 6.45) is 2.31. The molecule has 1 N–H and O–H groups in total. The van der Waals surface area contributed by atoms with Gasteiger partial charge in [0.25, 0.3) is 0 Å². The van der Waals surface area contributed by atoms with Gasteiger partial charge in [-0.05, 0) is 37.9 Å². The minimum Gasteiger partial charge on any atom is -0.496 e. The third-order valence-corrected chi connectivity index (χ3v) is 3.79. The quantitative estimate of drug-likeness (QED) is 0.904. The maximum Gasteiger partial charge on any atom is 0.142 e. The molecule has 106 valence electrons. The fourth-order valence-corrected chi connectivity index (χ4v) is 2.71. The molecule has 1 fully saturated rings. The highest BCUT2D eigenvalue weighted by Crippen LogP contribution is 2.40. The molecule has 0 unspecified atom stereocenters. The average molecular weight is 264 g/mol. The van der Waals surface area contributed by atoms with Crippen LogP contribution in [0.1, 0.15) is 24.3 Å². The maximum atomic E-state index is 5.59. The van der Waals surface area contributed by atoms with Crippen LogP contribution in [0, 0.1) is 0 Å². The number of hydrogen-bond donors (Lipinski definition) is 1. The van der Waals surface area contributed by atoms with Crippen LogP contribution in [0.2, 0.25) is 0 Å². The summed E-state index contributed by atoms with van der Waals surface area (Å²) in [7, 11) is 7.50.